The quantitative estimate of drug-likeness (QED) is 0.747. The molecule has 0 saturated carbocycles. The summed E-state index contributed by atoms with van der Waals surface area (Å²) in [5, 5.41) is 7.79. The lowest BCUT2D eigenvalue weighted by molar-refractivity contribution is 0.199. The van der Waals surface area contributed by atoms with Crippen molar-refractivity contribution in [3.05, 3.63) is 35.5 Å². The fourth-order valence-corrected chi connectivity index (χ4v) is 2.01. The van der Waals surface area contributed by atoms with E-state index < -0.39 is 0 Å². The highest BCUT2D eigenvalue weighted by atomic mass is 16.5. The SMILES string of the molecule is CCc1nc(CC)n(-c2ccc(CNCCOC)cn2)n1. The monoisotopic (exact) mass is 289 g/mol. The summed E-state index contributed by atoms with van der Waals surface area (Å²) in [5.74, 6) is 2.63. The standard InChI is InChI=1S/C15H23N5O/c1-4-13-18-14(5-2)20(19-13)15-7-6-12(11-17-15)10-16-8-9-21-3/h6-7,11,16H,4-5,8-10H2,1-3H3. The van der Waals surface area contributed by atoms with Crippen molar-refractivity contribution in [1.82, 2.24) is 25.1 Å². The van der Waals surface area contributed by atoms with E-state index >= 15 is 0 Å². The van der Waals surface area contributed by atoms with Crippen molar-refractivity contribution < 1.29 is 4.74 Å². The van der Waals surface area contributed by atoms with Gasteiger partial charge in [-0.3, -0.25) is 0 Å². The highest BCUT2D eigenvalue weighted by Crippen LogP contribution is 2.09. The van der Waals surface area contributed by atoms with Gasteiger partial charge in [-0.05, 0) is 11.6 Å². The Hall–Kier alpha value is -1.79. The van der Waals surface area contributed by atoms with E-state index in [1.165, 1.54) is 0 Å². The number of nitrogens with zero attached hydrogens (tertiary/aromatic N) is 4. The molecule has 0 unspecified atom stereocenters. The third-order valence-electron chi connectivity index (χ3n) is 3.19. The van der Waals surface area contributed by atoms with E-state index in [1.54, 1.807) is 7.11 Å². The van der Waals surface area contributed by atoms with Gasteiger partial charge >= 0.3 is 0 Å². The molecule has 2 aromatic heterocycles. The zero-order chi connectivity index (χ0) is 15.1. The van der Waals surface area contributed by atoms with Gasteiger partial charge < -0.3 is 10.1 Å². The third kappa shape index (κ3) is 4.09. The van der Waals surface area contributed by atoms with Crippen molar-refractivity contribution in [2.75, 3.05) is 20.3 Å². The van der Waals surface area contributed by atoms with E-state index in [0.29, 0.717) is 6.61 Å². The molecule has 0 aromatic carbocycles. The van der Waals surface area contributed by atoms with Crippen molar-refractivity contribution in [3.8, 4) is 5.82 Å². The molecule has 2 heterocycles. The van der Waals surface area contributed by atoms with Crippen molar-refractivity contribution in [3.63, 3.8) is 0 Å². The van der Waals surface area contributed by atoms with Gasteiger partial charge in [-0.1, -0.05) is 19.9 Å². The number of ether oxygens (including phenoxy) is 1. The molecule has 0 saturated heterocycles. The Bertz CT molecular complexity index is 550. The van der Waals surface area contributed by atoms with E-state index in [9.17, 15) is 0 Å². The van der Waals surface area contributed by atoms with Gasteiger partial charge in [-0.15, -0.1) is 5.10 Å². The smallest absolute Gasteiger partial charge is 0.155 e. The Kier molecular flexibility index (Phi) is 5.83. The number of hydrogen-bond donors (Lipinski definition) is 1. The van der Waals surface area contributed by atoms with Crippen LogP contribution in [-0.4, -0.2) is 40.0 Å². The number of methoxy groups -OCH3 is 1. The Morgan fingerprint density at radius 2 is 2.10 bits per heavy atom. The Balaban J connectivity index is 2.06. The van der Waals surface area contributed by atoms with Crippen LogP contribution in [0.25, 0.3) is 5.82 Å². The lowest BCUT2D eigenvalue weighted by Crippen LogP contribution is -2.18. The molecule has 114 valence electrons. The Morgan fingerprint density at radius 3 is 2.71 bits per heavy atom. The van der Waals surface area contributed by atoms with Gasteiger partial charge in [0, 0.05) is 39.2 Å². The van der Waals surface area contributed by atoms with E-state index in [0.717, 1.165) is 49.0 Å². The molecule has 2 rings (SSSR count). The highest BCUT2D eigenvalue weighted by Gasteiger charge is 2.09. The summed E-state index contributed by atoms with van der Waals surface area (Å²) < 4.78 is 6.83. The first kappa shape index (κ1) is 15.6. The molecule has 0 aliphatic heterocycles. The van der Waals surface area contributed by atoms with Gasteiger partial charge in [-0.25, -0.2) is 9.97 Å². The summed E-state index contributed by atoms with van der Waals surface area (Å²) in [6.07, 6.45) is 3.55. The Labute approximate surface area is 125 Å². The zero-order valence-corrected chi connectivity index (χ0v) is 13.0. The van der Waals surface area contributed by atoms with Crippen LogP contribution in [0.2, 0.25) is 0 Å². The molecule has 0 spiro atoms. The molecule has 0 amide bonds. The minimum atomic E-state index is 0.712. The van der Waals surface area contributed by atoms with Crippen molar-refractivity contribution in [2.45, 2.75) is 33.2 Å². The van der Waals surface area contributed by atoms with Crippen LogP contribution in [0, 0.1) is 0 Å². The molecular weight excluding hydrogens is 266 g/mol. The van der Waals surface area contributed by atoms with Crippen LogP contribution in [0.4, 0.5) is 0 Å². The molecule has 0 fully saturated rings. The van der Waals surface area contributed by atoms with E-state index in [1.807, 2.05) is 16.9 Å². The molecule has 0 aliphatic carbocycles. The number of aromatic nitrogens is 4. The van der Waals surface area contributed by atoms with E-state index in [4.69, 9.17) is 4.74 Å². The summed E-state index contributed by atoms with van der Waals surface area (Å²) in [6.45, 7) is 6.47. The van der Waals surface area contributed by atoms with Crippen LogP contribution in [-0.2, 0) is 24.1 Å². The third-order valence-corrected chi connectivity index (χ3v) is 3.19. The molecule has 1 N–H and O–H groups in total. The van der Waals surface area contributed by atoms with Gasteiger partial charge in [0.1, 0.15) is 5.82 Å². The van der Waals surface area contributed by atoms with Crippen LogP contribution in [0.15, 0.2) is 18.3 Å². The molecule has 6 nitrogen and oxygen atoms in total. The number of hydrogen-bond acceptors (Lipinski definition) is 5. The number of nitrogens with one attached hydrogen (secondary N) is 1. The van der Waals surface area contributed by atoms with Gasteiger partial charge in [0.2, 0.25) is 0 Å². The first-order chi connectivity index (χ1) is 10.3. The predicted molar refractivity (Wildman–Crippen MR) is 81.5 cm³/mol. The van der Waals surface area contributed by atoms with E-state index in [-0.39, 0.29) is 0 Å². The average molecular weight is 289 g/mol. The topological polar surface area (TPSA) is 64.9 Å². The molecule has 0 atom stereocenters. The van der Waals surface area contributed by atoms with Crippen LogP contribution < -0.4 is 5.32 Å². The lowest BCUT2D eigenvalue weighted by atomic mass is 10.3. The summed E-state index contributed by atoms with van der Waals surface area (Å²) >= 11 is 0. The highest BCUT2D eigenvalue weighted by molar-refractivity contribution is 5.25. The molecular formula is C15H23N5O. The van der Waals surface area contributed by atoms with Crippen molar-refractivity contribution in [1.29, 1.82) is 0 Å². The number of rotatable bonds is 8. The van der Waals surface area contributed by atoms with Gasteiger partial charge in [-0.2, -0.15) is 4.68 Å². The zero-order valence-electron chi connectivity index (χ0n) is 13.0. The molecule has 6 heteroatoms. The molecule has 21 heavy (non-hydrogen) atoms. The molecule has 2 aromatic rings. The number of pyridine rings is 1. The van der Waals surface area contributed by atoms with E-state index in [2.05, 4.69) is 40.3 Å². The minimum absolute atomic E-state index is 0.712. The van der Waals surface area contributed by atoms with Gasteiger partial charge in [0.05, 0.1) is 6.61 Å². The second-order valence-corrected chi connectivity index (χ2v) is 4.76. The predicted octanol–water partition coefficient (Wildman–Crippen LogP) is 1.52. The normalized spacial score (nSPS) is 11.0. The first-order valence-corrected chi connectivity index (χ1v) is 7.38. The summed E-state index contributed by atoms with van der Waals surface area (Å²) in [6, 6.07) is 4.05. The molecule has 0 radical (unpaired) electrons. The first-order valence-electron chi connectivity index (χ1n) is 7.38. The second-order valence-electron chi connectivity index (χ2n) is 4.76. The molecule has 0 bridgehead atoms. The fourth-order valence-electron chi connectivity index (χ4n) is 2.01. The van der Waals surface area contributed by atoms with Crippen LogP contribution in [0.5, 0.6) is 0 Å². The fraction of sp³-hybridized carbons (Fsp3) is 0.533. The van der Waals surface area contributed by atoms with Gasteiger partial charge in [0.15, 0.2) is 11.6 Å². The Morgan fingerprint density at radius 1 is 1.24 bits per heavy atom. The average Bonchev–Trinajstić information content (AvgIpc) is 2.95. The largest absolute Gasteiger partial charge is 0.383 e. The van der Waals surface area contributed by atoms with Gasteiger partial charge in [0.25, 0.3) is 0 Å². The van der Waals surface area contributed by atoms with Crippen LogP contribution in [0.1, 0.15) is 31.1 Å². The summed E-state index contributed by atoms with van der Waals surface area (Å²) in [5.41, 5.74) is 1.14. The minimum Gasteiger partial charge on any atom is -0.383 e. The summed E-state index contributed by atoms with van der Waals surface area (Å²) in [7, 11) is 1.70. The maximum atomic E-state index is 5.00. The maximum Gasteiger partial charge on any atom is 0.155 e. The van der Waals surface area contributed by atoms with Crippen LogP contribution in [0.3, 0.4) is 0 Å². The summed E-state index contributed by atoms with van der Waals surface area (Å²) in [4.78, 5) is 8.99. The van der Waals surface area contributed by atoms with Crippen LogP contribution >= 0.6 is 0 Å². The lowest BCUT2D eigenvalue weighted by Gasteiger charge is -2.06. The second kappa shape index (κ2) is 7.85. The number of aryl methyl sites for hydroxylation is 2. The molecule has 0 aliphatic rings. The van der Waals surface area contributed by atoms with Crippen molar-refractivity contribution in [2.24, 2.45) is 0 Å². The maximum absolute atomic E-state index is 5.00. The van der Waals surface area contributed by atoms with Crippen molar-refractivity contribution >= 4 is 0 Å².